The summed E-state index contributed by atoms with van der Waals surface area (Å²) in [5.41, 5.74) is 0. The van der Waals surface area contributed by atoms with Crippen molar-refractivity contribution in [2.24, 2.45) is 0 Å². The van der Waals surface area contributed by atoms with Gasteiger partial charge in [-0.3, -0.25) is 0 Å². The van der Waals surface area contributed by atoms with Crippen LogP contribution in [0.4, 0.5) is 0 Å². The van der Waals surface area contributed by atoms with Gasteiger partial charge in [0.25, 0.3) is 0 Å². The lowest BCUT2D eigenvalue weighted by Gasteiger charge is -1.94. The Balaban J connectivity index is 0. The number of ether oxygens (including phenoxy) is 2. The molecule has 0 aliphatic carbocycles. The van der Waals surface area contributed by atoms with E-state index in [9.17, 15) is 0 Å². The van der Waals surface area contributed by atoms with Gasteiger partial charge in [0.15, 0.2) is 0 Å². The van der Waals surface area contributed by atoms with Crippen molar-refractivity contribution in [3.8, 4) is 0 Å². The van der Waals surface area contributed by atoms with E-state index in [1.165, 1.54) is 12.8 Å². The van der Waals surface area contributed by atoms with Crippen LogP contribution >= 0.6 is 0 Å². The van der Waals surface area contributed by atoms with Crippen molar-refractivity contribution in [3.05, 3.63) is 0 Å². The maximum Gasteiger partial charge on any atom is 0.0698 e. The van der Waals surface area contributed by atoms with Crippen molar-refractivity contribution in [2.75, 3.05) is 40.1 Å². The molecule has 0 radical (unpaired) electrons. The molecule has 0 unspecified atom stereocenters. The molecule has 0 aromatic heterocycles. The zero-order valence-electron chi connectivity index (χ0n) is 8.66. The summed E-state index contributed by atoms with van der Waals surface area (Å²) in [7, 11) is 1.73. The first-order chi connectivity index (χ1) is 6.33. The van der Waals surface area contributed by atoms with E-state index in [1.807, 2.05) is 0 Å². The van der Waals surface area contributed by atoms with E-state index < -0.39 is 0 Å². The Kier molecular flexibility index (Phi) is 21.0. The largest absolute Gasteiger partial charge is 0.394 e. The fraction of sp³-hybridized carbons (Fsp3) is 1.00. The summed E-state index contributed by atoms with van der Waals surface area (Å²) in [6.45, 7) is 3.76. The van der Waals surface area contributed by atoms with Crippen LogP contribution in [-0.4, -0.2) is 50.4 Å². The number of unbranched alkanes of at least 4 members (excludes halogenated alkanes) is 1. The number of methoxy groups -OCH3 is 1. The summed E-state index contributed by atoms with van der Waals surface area (Å²) < 4.78 is 9.41. The normalized spacial score (nSPS) is 9.23. The summed E-state index contributed by atoms with van der Waals surface area (Å²) in [5.74, 6) is 0. The van der Waals surface area contributed by atoms with Crippen molar-refractivity contribution >= 4 is 0 Å². The van der Waals surface area contributed by atoms with Crippen LogP contribution in [0.15, 0.2) is 0 Å². The van der Waals surface area contributed by atoms with Gasteiger partial charge in [0.05, 0.1) is 26.4 Å². The molecule has 0 saturated carbocycles. The smallest absolute Gasteiger partial charge is 0.0698 e. The van der Waals surface area contributed by atoms with Crippen LogP contribution in [0.5, 0.6) is 0 Å². The molecule has 0 aliphatic heterocycles. The Morgan fingerprint density at radius 1 is 1.00 bits per heavy atom. The molecule has 0 bridgehead atoms. The monoisotopic (exact) mass is 194 g/mol. The Bertz CT molecular complexity index is 60.6. The molecule has 0 amide bonds. The third kappa shape index (κ3) is 24.5. The SMILES string of the molecule is CCCCOC.OCCOCCO. The average molecular weight is 194 g/mol. The molecule has 0 saturated heterocycles. The van der Waals surface area contributed by atoms with Crippen LogP contribution in [0.2, 0.25) is 0 Å². The van der Waals surface area contributed by atoms with Gasteiger partial charge in [-0.05, 0) is 6.42 Å². The summed E-state index contributed by atoms with van der Waals surface area (Å²) in [6, 6.07) is 0. The zero-order chi connectivity index (χ0) is 10.4. The maximum absolute atomic E-state index is 8.09. The van der Waals surface area contributed by atoms with Gasteiger partial charge < -0.3 is 19.7 Å². The van der Waals surface area contributed by atoms with Crippen LogP contribution in [0.25, 0.3) is 0 Å². The molecule has 2 N–H and O–H groups in total. The van der Waals surface area contributed by atoms with E-state index >= 15 is 0 Å². The fourth-order valence-corrected chi connectivity index (χ4v) is 0.520. The molecule has 0 atom stereocenters. The lowest BCUT2D eigenvalue weighted by Crippen LogP contribution is -2.03. The molecule has 4 heteroatoms. The average Bonchev–Trinajstić information content (AvgIpc) is 2.17. The molecule has 0 fully saturated rings. The van der Waals surface area contributed by atoms with E-state index in [0.717, 1.165) is 6.61 Å². The molecule has 0 aromatic rings. The highest BCUT2D eigenvalue weighted by atomic mass is 16.5. The quantitative estimate of drug-likeness (QED) is 0.577. The molecule has 0 aromatic carbocycles. The zero-order valence-corrected chi connectivity index (χ0v) is 8.66. The second kappa shape index (κ2) is 17.8. The van der Waals surface area contributed by atoms with Crippen LogP contribution in [0.3, 0.4) is 0 Å². The first-order valence-corrected chi connectivity index (χ1v) is 4.61. The number of rotatable bonds is 7. The minimum atomic E-state index is 0.0278. The van der Waals surface area contributed by atoms with Crippen molar-refractivity contribution in [3.63, 3.8) is 0 Å². The minimum absolute atomic E-state index is 0.0278. The highest BCUT2D eigenvalue weighted by molar-refractivity contribution is 4.26. The minimum Gasteiger partial charge on any atom is -0.394 e. The van der Waals surface area contributed by atoms with E-state index in [-0.39, 0.29) is 13.2 Å². The molecule has 82 valence electrons. The molecular weight excluding hydrogens is 172 g/mol. The topological polar surface area (TPSA) is 58.9 Å². The first-order valence-electron chi connectivity index (χ1n) is 4.61. The van der Waals surface area contributed by atoms with Gasteiger partial charge in [-0.25, -0.2) is 0 Å². The number of aliphatic hydroxyl groups excluding tert-OH is 2. The summed E-state index contributed by atoms with van der Waals surface area (Å²) in [5, 5.41) is 16.2. The van der Waals surface area contributed by atoms with Gasteiger partial charge in [-0.15, -0.1) is 0 Å². The van der Waals surface area contributed by atoms with Crippen LogP contribution in [0.1, 0.15) is 19.8 Å². The number of hydrogen-bond acceptors (Lipinski definition) is 4. The third-order valence-corrected chi connectivity index (χ3v) is 1.17. The first kappa shape index (κ1) is 15.3. The van der Waals surface area contributed by atoms with Gasteiger partial charge in [-0.2, -0.15) is 0 Å². The van der Waals surface area contributed by atoms with Crippen molar-refractivity contribution in [1.29, 1.82) is 0 Å². The van der Waals surface area contributed by atoms with Crippen LogP contribution < -0.4 is 0 Å². The highest BCUT2D eigenvalue weighted by Crippen LogP contribution is 1.83. The Hall–Kier alpha value is -0.160. The van der Waals surface area contributed by atoms with Crippen LogP contribution in [0, 0.1) is 0 Å². The lowest BCUT2D eigenvalue weighted by molar-refractivity contribution is 0.0650. The van der Waals surface area contributed by atoms with Gasteiger partial charge in [0.2, 0.25) is 0 Å². The Morgan fingerprint density at radius 3 is 1.77 bits per heavy atom. The van der Waals surface area contributed by atoms with Crippen molar-refractivity contribution in [1.82, 2.24) is 0 Å². The van der Waals surface area contributed by atoms with E-state index in [2.05, 4.69) is 11.7 Å². The number of hydrogen-bond donors (Lipinski definition) is 2. The van der Waals surface area contributed by atoms with E-state index in [4.69, 9.17) is 14.9 Å². The van der Waals surface area contributed by atoms with Gasteiger partial charge in [0.1, 0.15) is 0 Å². The van der Waals surface area contributed by atoms with Gasteiger partial charge >= 0.3 is 0 Å². The Labute approximate surface area is 80.5 Å². The molecule has 13 heavy (non-hydrogen) atoms. The fourth-order valence-electron chi connectivity index (χ4n) is 0.520. The molecule has 4 nitrogen and oxygen atoms in total. The predicted octanol–water partition coefficient (Wildman–Crippen LogP) is 0.421. The van der Waals surface area contributed by atoms with Crippen molar-refractivity contribution < 1.29 is 19.7 Å². The van der Waals surface area contributed by atoms with Crippen molar-refractivity contribution in [2.45, 2.75) is 19.8 Å². The summed E-state index contributed by atoms with van der Waals surface area (Å²) in [6.07, 6.45) is 2.42. The summed E-state index contributed by atoms with van der Waals surface area (Å²) >= 11 is 0. The molecule has 0 rings (SSSR count). The number of aliphatic hydroxyl groups is 2. The molecule has 0 spiro atoms. The second-order valence-corrected chi connectivity index (χ2v) is 2.41. The van der Waals surface area contributed by atoms with Gasteiger partial charge in [-0.1, -0.05) is 13.3 Å². The highest BCUT2D eigenvalue weighted by Gasteiger charge is 1.79. The Morgan fingerprint density at radius 2 is 1.54 bits per heavy atom. The maximum atomic E-state index is 8.09. The third-order valence-electron chi connectivity index (χ3n) is 1.17. The van der Waals surface area contributed by atoms with E-state index in [1.54, 1.807) is 7.11 Å². The summed E-state index contributed by atoms with van der Waals surface area (Å²) in [4.78, 5) is 0. The lowest BCUT2D eigenvalue weighted by atomic mass is 10.4. The second-order valence-electron chi connectivity index (χ2n) is 2.41. The predicted molar refractivity (Wildman–Crippen MR) is 51.8 cm³/mol. The molecular formula is C9H22O4. The standard InChI is InChI=1S/C5H12O.C4H10O3/c1-3-4-5-6-2;5-1-3-7-4-2-6/h3-5H2,1-2H3;5-6H,1-4H2. The van der Waals surface area contributed by atoms with Crippen LogP contribution in [-0.2, 0) is 9.47 Å². The van der Waals surface area contributed by atoms with E-state index in [0.29, 0.717) is 13.2 Å². The van der Waals surface area contributed by atoms with Gasteiger partial charge in [0, 0.05) is 13.7 Å². The molecule has 0 heterocycles. The molecule has 0 aliphatic rings.